The van der Waals surface area contributed by atoms with Gasteiger partial charge in [0.25, 0.3) is 0 Å². The van der Waals surface area contributed by atoms with Crippen molar-refractivity contribution in [3.05, 3.63) is 11.1 Å². The van der Waals surface area contributed by atoms with Crippen LogP contribution in [0.15, 0.2) is 5.38 Å². The lowest BCUT2D eigenvalue weighted by atomic mass is 10.5. The molecule has 1 aliphatic carbocycles. The Morgan fingerprint density at radius 1 is 1.71 bits per heavy atom. The monoisotopic (exact) mass is 211 g/mol. The van der Waals surface area contributed by atoms with Gasteiger partial charge in [-0.25, -0.2) is 4.98 Å². The average molecular weight is 211 g/mol. The van der Waals surface area contributed by atoms with Crippen molar-refractivity contribution in [1.82, 2.24) is 10.3 Å². The highest BCUT2D eigenvalue weighted by molar-refractivity contribution is 7.13. The van der Waals surface area contributed by atoms with Gasteiger partial charge in [0.2, 0.25) is 5.91 Å². The maximum absolute atomic E-state index is 11.3. The summed E-state index contributed by atoms with van der Waals surface area (Å²) in [5.74, 6) is 0.0559. The Morgan fingerprint density at radius 2 is 2.50 bits per heavy atom. The zero-order valence-electron chi connectivity index (χ0n) is 8.04. The third-order valence-electron chi connectivity index (χ3n) is 1.96. The first-order valence-electron chi connectivity index (χ1n) is 4.69. The molecular formula is C9H13N3OS. The van der Waals surface area contributed by atoms with E-state index in [2.05, 4.69) is 15.6 Å². The number of anilines is 1. The van der Waals surface area contributed by atoms with Crippen LogP contribution in [0.1, 0.15) is 18.5 Å². The lowest BCUT2D eigenvalue weighted by molar-refractivity contribution is -0.119. The number of aryl methyl sites for hydroxylation is 1. The molecule has 1 aliphatic rings. The number of aromatic nitrogens is 1. The van der Waals surface area contributed by atoms with E-state index >= 15 is 0 Å². The van der Waals surface area contributed by atoms with Gasteiger partial charge in [0.15, 0.2) is 5.13 Å². The highest BCUT2D eigenvalue weighted by atomic mass is 32.1. The van der Waals surface area contributed by atoms with E-state index in [4.69, 9.17) is 0 Å². The van der Waals surface area contributed by atoms with E-state index in [-0.39, 0.29) is 5.91 Å². The molecule has 2 rings (SSSR count). The molecule has 5 heteroatoms. The Hall–Kier alpha value is -1.10. The number of thiazole rings is 1. The minimum absolute atomic E-state index is 0.0559. The van der Waals surface area contributed by atoms with Gasteiger partial charge in [0.05, 0.1) is 12.2 Å². The van der Waals surface area contributed by atoms with E-state index in [1.807, 2.05) is 12.3 Å². The molecule has 1 aromatic rings. The predicted molar refractivity (Wildman–Crippen MR) is 56.5 cm³/mol. The Kier molecular flexibility index (Phi) is 2.67. The summed E-state index contributed by atoms with van der Waals surface area (Å²) in [7, 11) is 0. The minimum atomic E-state index is 0.0559. The van der Waals surface area contributed by atoms with Gasteiger partial charge in [-0.1, -0.05) is 0 Å². The van der Waals surface area contributed by atoms with Crippen LogP contribution in [-0.4, -0.2) is 23.5 Å². The highest BCUT2D eigenvalue weighted by Gasteiger charge is 2.22. The van der Waals surface area contributed by atoms with Gasteiger partial charge in [-0.05, 0) is 19.8 Å². The molecular weight excluding hydrogens is 198 g/mol. The summed E-state index contributed by atoms with van der Waals surface area (Å²) in [6, 6.07) is 0.433. The maximum atomic E-state index is 11.3. The SMILES string of the molecule is Cc1csc(NCC(=O)NC2CC2)n1. The minimum Gasteiger partial charge on any atom is -0.352 e. The average Bonchev–Trinajstić information content (AvgIpc) is 2.85. The molecule has 0 spiro atoms. The summed E-state index contributed by atoms with van der Waals surface area (Å²) in [5.41, 5.74) is 0.986. The number of carbonyl (C=O) groups excluding carboxylic acids is 1. The third kappa shape index (κ3) is 2.70. The van der Waals surface area contributed by atoms with Crippen LogP contribution in [0.4, 0.5) is 5.13 Å². The van der Waals surface area contributed by atoms with Crippen molar-refractivity contribution >= 4 is 22.4 Å². The van der Waals surface area contributed by atoms with Crippen molar-refractivity contribution in [1.29, 1.82) is 0 Å². The van der Waals surface area contributed by atoms with Crippen LogP contribution < -0.4 is 10.6 Å². The van der Waals surface area contributed by atoms with Gasteiger partial charge < -0.3 is 10.6 Å². The molecule has 2 N–H and O–H groups in total. The van der Waals surface area contributed by atoms with Crippen LogP contribution in [0.3, 0.4) is 0 Å². The van der Waals surface area contributed by atoms with E-state index in [9.17, 15) is 4.79 Å². The van der Waals surface area contributed by atoms with Crippen molar-refractivity contribution in [2.75, 3.05) is 11.9 Å². The number of hydrogen-bond donors (Lipinski definition) is 2. The predicted octanol–water partition coefficient (Wildman–Crippen LogP) is 1.14. The van der Waals surface area contributed by atoms with Crippen molar-refractivity contribution in [3.8, 4) is 0 Å². The summed E-state index contributed by atoms with van der Waals surface area (Å²) in [5, 5.41) is 8.67. The lowest BCUT2D eigenvalue weighted by Gasteiger charge is -2.03. The number of amides is 1. The quantitative estimate of drug-likeness (QED) is 0.785. The van der Waals surface area contributed by atoms with Gasteiger partial charge >= 0.3 is 0 Å². The van der Waals surface area contributed by atoms with Crippen molar-refractivity contribution in [2.24, 2.45) is 0 Å². The molecule has 1 fully saturated rings. The normalized spacial score (nSPS) is 15.2. The molecule has 0 atom stereocenters. The maximum Gasteiger partial charge on any atom is 0.239 e. The Labute approximate surface area is 86.7 Å². The second kappa shape index (κ2) is 3.96. The van der Waals surface area contributed by atoms with Gasteiger partial charge in [-0.15, -0.1) is 11.3 Å². The largest absolute Gasteiger partial charge is 0.352 e. The van der Waals surface area contributed by atoms with E-state index in [0.29, 0.717) is 12.6 Å². The number of hydrogen-bond acceptors (Lipinski definition) is 4. The smallest absolute Gasteiger partial charge is 0.239 e. The zero-order valence-corrected chi connectivity index (χ0v) is 8.86. The second-order valence-electron chi connectivity index (χ2n) is 3.49. The van der Waals surface area contributed by atoms with Gasteiger partial charge in [0, 0.05) is 11.4 Å². The van der Waals surface area contributed by atoms with E-state index < -0.39 is 0 Å². The fourth-order valence-corrected chi connectivity index (χ4v) is 1.78. The van der Waals surface area contributed by atoms with Gasteiger partial charge in [0.1, 0.15) is 0 Å². The highest BCUT2D eigenvalue weighted by Crippen LogP contribution is 2.18. The number of nitrogens with one attached hydrogen (secondary N) is 2. The topological polar surface area (TPSA) is 54.0 Å². The molecule has 4 nitrogen and oxygen atoms in total. The molecule has 0 aromatic carbocycles. The number of rotatable bonds is 4. The molecule has 76 valence electrons. The second-order valence-corrected chi connectivity index (χ2v) is 4.35. The summed E-state index contributed by atoms with van der Waals surface area (Å²) in [4.78, 5) is 15.5. The Balaban J connectivity index is 1.73. The molecule has 0 aliphatic heterocycles. The van der Waals surface area contributed by atoms with Crippen LogP contribution in [0, 0.1) is 6.92 Å². The summed E-state index contributed by atoms with van der Waals surface area (Å²) in [6.07, 6.45) is 2.25. The van der Waals surface area contributed by atoms with E-state index in [1.165, 1.54) is 11.3 Å². The third-order valence-corrected chi connectivity index (χ3v) is 2.88. The molecule has 14 heavy (non-hydrogen) atoms. The van der Waals surface area contributed by atoms with Crippen molar-refractivity contribution < 1.29 is 4.79 Å². The van der Waals surface area contributed by atoms with Crippen LogP contribution >= 0.6 is 11.3 Å². The van der Waals surface area contributed by atoms with Gasteiger partial charge in [-0.2, -0.15) is 0 Å². The van der Waals surface area contributed by atoms with Crippen LogP contribution in [0.2, 0.25) is 0 Å². The fourth-order valence-electron chi connectivity index (χ4n) is 1.10. The molecule has 0 bridgehead atoms. The summed E-state index contributed by atoms with van der Waals surface area (Å²) < 4.78 is 0. The standard InChI is InChI=1S/C9H13N3OS/c1-6-5-14-9(11-6)10-4-8(13)12-7-2-3-7/h5,7H,2-4H2,1H3,(H,10,11)(H,12,13). The Morgan fingerprint density at radius 3 is 3.07 bits per heavy atom. The summed E-state index contributed by atoms with van der Waals surface area (Å²) in [6.45, 7) is 2.26. The number of carbonyl (C=O) groups is 1. The molecule has 1 heterocycles. The molecule has 0 unspecified atom stereocenters. The first-order chi connectivity index (χ1) is 6.74. The summed E-state index contributed by atoms with van der Waals surface area (Å²) >= 11 is 1.52. The molecule has 0 saturated heterocycles. The van der Waals surface area contributed by atoms with Crippen molar-refractivity contribution in [3.63, 3.8) is 0 Å². The zero-order chi connectivity index (χ0) is 9.97. The first-order valence-corrected chi connectivity index (χ1v) is 5.57. The molecule has 1 saturated carbocycles. The van der Waals surface area contributed by atoms with Crippen molar-refractivity contribution in [2.45, 2.75) is 25.8 Å². The first kappa shape index (κ1) is 9.45. The van der Waals surface area contributed by atoms with Crippen LogP contribution in [0.25, 0.3) is 0 Å². The van der Waals surface area contributed by atoms with E-state index in [0.717, 1.165) is 23.7 Å². The number of nitrogens with zero attached hydrogens (tertiary/aromatic N) is 1. The van der Waals surface area contributed by atoms with Gasteiger partial charge in [-0.3, -0.25) is 4.79 Å². The van der Waals surface area contributed by atoms with E-state index in [1.54, 1.807) is 0 Å². The Bertz CT molecular complexity index is 333. The molecule has 1 aromatic heterocycles. The van der Waals surface area contributed by atoms with Crippen LogP contribution in [-0.2, 0) is 4.79 Å². The lowest BCUT2D eigenvalue weighted by Crippen LogP contribution is -2.31. The molecule has 0 radical (unpaired) electrons. The molecule has 1 amide bonds. The van der Waals surface area contributed by atoms with Crippen LogP contribution in [0.5, 0.6) is 0 Å². The fraction of sp³-hybridized carbons (Fsp3) is 0.556.